The van der Waals surface area contributed by atoms with Crippen molar-refractivity contribution in [2.45, 2.75) is 0 Å². The first-order valence-corrected chi connectivity index (χ1v) is 16.2. The number of anilines is 4. The third-order valence-electron chi connectivity index (χ3n) is 6.20. The van der Waals surface area contributed by atoms with Crippen LogP contribution in [0.3, 0.4) is 0 Å². The van der Waals surface area contributed by atoms with Crippen LogP contribution >= 0.6 is 0 Å². The third-order valence-corrected chi connectivity index (χ3v) is 6.50. The number of aliphatic imine (C=N–C) groups is 2. The van der Waals surface area contributed by atoms with Gasteiger partial charge in [0, 0.05) is 0 Å². The third kappa shape index (κ3) is 16.6. The van der Waals surface area contributed by atoms with Gasteiger partial charge in [0.05, 0.1) is 0 Å². The number of aromatic nitrogens is 1. The summed E-state index contributed by atoms with van der Waals surface area (Å²) < 4.78 is 0. The predicted octanol–water partition coefficient (Wildman–Crippen LogP) is 8.27. The number of hydrogen-bond donors (Lipinski definition) is 5. The Kier molecular flexibility index (Phi) is 17.5. The zero-order chi connectivity index (χ0) is 37.4. The van der Waals surface area contributed by atoms with Gasteiger partial charge in [-0.1, -0.05) is 22.7 Å². The Balaban J connectivity index is 0.000000209. The maximum atomic E-state index is 7.53. The Hall–Kier alpha value is -6.70. The number of benzene rings is 4. The van der Waals surface area contributed by atoms with Crippen LogP contribution in [0.5, 0.6) is 0 Å². The van der Waals surface area contributed by atoms with Crippen LogP contribution < -0.4 is 22.9 Å². The van der Waals surface area contributed by atoms with E-state index < -0.39 is 0 Å². The molecular formula is C43H38N8Ni-6. The van der Waals surface area contributed by atoms with Gasteiger partial charge in [-0.05, 0) is 0 Å². The van der Waals surface area contributed by atoms with Gasteiger partial charge in [-0.15, -0.1) is 6.08 Å². The van der Waals surface area contributed by atoms with Gasteiger partial charge < -0.3 is 34.4 Å². The molecule has 0 saturated heterocycles. The van der Waals surface area contributed by atoms with Crippen LogP contribution in [-0.4, -0.2) is 21.4 Å². The van der Waals surface area contributed by atoms with Crippen LogP contribution in [0.25, 0.3) is 17.9 Å². The normalized spacial score (nSPS) is 13.8. The first kappa shape index (κ1) is 39.7. The van der Waals surface area contributed by atoms with Crippen molar-refractivity contribution in [3.05, 3.63) is 211 Å². The molecule has 2 aliphatic rings. The first-order chi connectivity index (χ1) is 25.2. The number of allylic oxidation sites excluding steroid dienone is 6. The van der Waals surface area contributed by atoms with Crippen molar-refractivity contribution >= 4 is 51.3 Å². The number of rotatable bonds is 5. The Morgan fingerprint density at radius 3 is 1.40 bits per heavy atom. The van der Waals surface area contributed by atoms with Crippen LogP contribution in [0, 0.1) is 30.8 Å². The molecule has 10 N–H and O–H groups in total. The number of nitrogens with one attached hydrogen (secondary N) is 2. The maximum absolute atomic E-state index is 7.53. The molecule has 8 nitrogen and oxygen atoms in total. The molecule has 0 spiro atoms. The monoisotopic (exact) mass is 724 g/mol. The van der Waals surface area contributed by atoms with E-state index in [-0.39, 0.29) is 5.70 Å². The fourth-order valence-electron chi connectivity index (χ4n) is 3.83. The summed E-state index contributed by atoms with van der Waals surface area (Å²) in [5, 5.41) is 0. The molecule has 0 bridgehead atoms. The molecule has 2 aliphatic heterocycles. The Labute approximate surface area is 313 Å². The molecule has 4 aromatic carbocycles. The van der Waals surface area contributed by atoms with Gasteiger partial charge in [0.1, 0.15) is 0 Å². The van der Waals surface area contributed by atoms with Crippen LogP contribution in [0.15, 0.2) is 173 Å². The summed E-state index contributed by atoms with van der Waals surface area (Å²) in [5.74, 6) is 0. The average Bonchev–Trinajstić information content (AvgIpc) is 3.93. The SMILES string of the molecule is Nc1c[c-]ccc1.Nc1c[c-]ccc1.Nc1c[c-]ccc1.Nc1c[c-]ccc1.[CH-]=CC([NH-])=Cc1ccc(C=C2C=CC(C=C3C=CC([CH]=[Ni])=N3)=N2)[nH]1. The van der Waals surface area contributed by atoms with Gasteiger partial charge in [0.2, 0.25) is 0 Å². The Morgan fingerprint density at radius 1 is 0.615 bits per heavy atom. The minimum absolute atomic E-state index is 0.255. The van der Waals surface area contributed by atoms with Crippen molar-refractivity contribution < 1.29 is 15.0 Å². The standard InChI is InChI=1S/C19H14N4.4C6H6N.Ni/c1-3-14(20)10-15-6-7-18(22-15)12-19-9-8-17(23-19)11-16-5-4-13(2)21-16;4*7-6-4-2-1-3-5-6;/h1-12,20,22H;4*1-2,4-5H,7H2;/q-2;4*-1;. The topological polar surface area (TPSA) is 168 Å². The van der Waals surface area contributed by atoms with E-state index in [9.17, 15) is 0 Å². The first-order valence-electron chi connectivity index (χ1n) is 15.6. The van der Waals surface area contributed by atoms with Gasteiger partial charge in [0.25, 0.3) is 0 Å². The van der Waals surface area contributed by atoms with Crippen molar-refractivity contribution in [1.29, 1.82) is 0 Å². The summed E-state index contributed by atoms with van der Waals surface area (Å²) >= 11 is 4.57. The number of hydrogen-bond acceptors (Lipinski definition) is 6. The molecule has 52 heavy (non-hydrogen) atoms. The molecule has 3 heterocycles. The minimum atomic E-state index is 0.255. The molecule has 0 unspecified atom stereocenters. The Bertz CT molecular complexity index is 1890. The molecule has 0 aliphatic carbocycles. The van der Waals surface area contributed by atoms with E-state index in [1.165, 1.54) is 6.08 Å². The molecular weight excluding hydrogens is 687 g/mol. The van der Waals surface area contributed by atoms with Crippen molar-refractivity contribution in [3.63, 3.8) is 0 Å². The number of H-pyrrole nitrogens is 1. The second-order valence-corrected chi connectivity index (χ2v) is 10.7. The summed E-state index contributed by atoms with van der Waals surface area (Å²) in [5.41, 5.74) is 37.2. The molecule has 7 rings (SSSR count). The number of nitrogens with zero attached hydrogens (tertiary/aromatic N) is 2. The average molecular weight is 726 g/mol. The molecule has 9 heteroatoms. The number of nitrogens with two attached hydrogens (primary N) is 4. The molecule has 0 atom stereocenters. The van der Waals surface area contributed by atoms with Crippen LogP contribution in [-0.2, 0) is 15.0 Å². The summed E-state index contributed by atoms with van der Waals surface area (Å²) in [6.07, 6.45) is 14.4. The molecule has 5 aromatic rings. The van der Waals surface area contributed by atoms with E-state index in [1.807, 2.05) is 121 Å². The number of aromatic amines is 1. The zero-order valence-electron chi connectivity index (χ0n) is 28.2. The van der Waals surface area contributed by atoms with E-state index in [4.69, 9.17) is 35.2 Å². The van der Waals surface area contributed by atoms with Crippen molar-refractivity contribution in [1.82, 2.24) is 4.98 Å². The summed E-state index contributed by atoms with van der Waals surface area (Å²) in [7, 11) is 0. The van der Waals surface area contributed by atoms with E-state index >= 15 is 0 Å². The zero-order valence-corrected chi connectivity index (χ0v) is 29.2. The summed E-state index contributed by atoms with van der Waals surface area (Å²) in [6.45, 7) is 5.30. The fraction of sp³-hybridized carbons (Fsp3) is 0. The van der Waals surface area contributed by atoms with Gasteiger partial charge in [-0.2, -0.15) is 121 Å². The molecule has 0 amide bonds. The Morgan fingerprint density at radius 2 is 1.04 bits per heavy atom. The summed E-state index contributed by atoms with van der Waals surface area (Å²) in [6, 6.07) is 44.1. The predicted molar refractivity (Wildman–Crippen MR) is 216 cm³/mol. The van der Waals surface area contributed by atoms with Crippen LogP contribution in [0.4, 0.5) is 22.7 Å². The second kappa shape index (κ2) is 22.8. The van der Waals surface area contributed by atoms with Crippen molar-refractivity contribution in [2.75, 3.05) is 22.9 Å². The van der Waals surface area contributed by atoms with E-state index in [0.717, 1.165) is 57.0 Å². The molecule has 0 fully saturated rings. The van der Waals surface area contributed by atoms with Gasteiger partial charge >= 0.3 is 118 Å². The quantitative estimate of drug-likeness (QED) is 0.0533. The molecule has 0 radical (unpaired) electrons. The van der Waals surface area contributed by atoms with Gasteiger partial charge in [0.15, 0.2) is 0 Å². The molecule has 1 aromatic heterocycles. The van der Waals surface area contributed by atoms with Crippen LogP contribution in [0.2, 0.25) is 0 Å². The van der Waals surface area contributed by atoms with Gasteiger partial charge in [-0.25, -0.2) is 0 Å². The van der Waals surface area contributed by atoms with E-state index in [2.05, 4.69) is 54.3 Å². The molecule has 0 saturated carbocycles. The molecule has 266 valence electrons. The fourth-order valence-corrected chi connectivity index (χ4v) is 3.99. The van der Waals surface area contributed by atoms with Gasteiger partial charge in [-0.3, -0.25) is 12.7 Å². The van der Waals surface area contributed by atoms with E-state index in [0.29, 0.717) is 0 Å². The van der Waals surface area contributed by atoms with Crippen molar-refractivity contribution in [3.8, 4) is 0 Å². The van der Waals surface area contributed by atoms with Crippen molar-refractivity contribution in [2.24, 2.45) is 9.98 Å². The second-order valence-electron chi connectivity index (χ2n) is 10.5. The van der Waals surface area contributed by atoms with E-state index in [1.54, 1.807) is 35.3 Å². The van der Waals surface area contributed by atoms with Crippen LogP contribution in [0.1, 0.15) is 11.4 Å². The summed E-state index contributed by atoms with van der Waals surface area (Å²) in [4.78, 5) is 13.7. The number of nitrogen functional groups attached to an aromatic ring is 4.